The molecule has 15 heavy (non-hydrogen) atoms. The van der Waals surface area contributed by atoms with E-state index in [2.05, 4.69) is 12.2 Å². The monoisotopic (exact) mass is 219 g/mol. The van der Waals surface area contributed by atoms with Gasteiger partial charge in [0.05, 0.1) is 19.8 Å². The highest BCUT2D eigenvalue weighted by Gasteiger charge is 1.99. The molecule has 0 fully saturated rings. The molecule has 0 heterocycles. The molecule has 0 spiro atoms. The lowest BCUT2D eigenvalue weighted by molar-refractivity contribution is 0.0458. The Morgan fingerprint density at radius 1 is 1.07 bits per heavy atom. The minimum atomic E-state index is 0.574. The van der Waals surface area contributed by atoms with Gasteiger partial charge in [-0.05, 0) is 25.9 Å². The van der Waals surface area contributed by atoms with E-state index in [0.717, 1.165) is 32.8 Å². The first-order valence-corrected chi connectivity index (χ1v) is 5.60. The summed E-state index contributed by atoms with van der Waals surface area (Å²) in [6.45, 7) is 6.87. The summed E-state index contributed by atoms with van der Waals surface area (Å²) in [5.41, 5.74) is 0. The van der Waals surface area contributed by atoms with E-state index in [1.807, 2.05) is 7.05 Å². The van der Waals surface area contributed by atoms with Crippen LogP contribution in [0.2, 0.25) is 0 Å². The van der Waals surface area contributed by atoms with Crippen LogP contribution in [0, 0.1) is 5.92 Å². The van der Waals surface area contributed by atoms with Crippen molar-refractivity contribution in [2.75, 3.05) is 53.7 Å². The molecule has 0 saturated carbocycles. The molecule has 92 valence electrons. The summed E-state index contributed by atoms with van der Waals surface area (Å²) in [6.07, 6.45) is 0.954. The van der Waals surface area contributed by atoms with Crippen molar-refractivity contribution in [3.63, 3.8) is 0 Å². The molecule has 0 aliphatic rings. The quantitative estimate of drug-likeness (QED) is 0.524. The summed E-state index contributed by atoms with van der Waals surface area (Å²) in [7, 11) is 3.63. The van der Waals surface area contributed by atoms with E-state index in [1.165, 1.54) is 0 Å². The van der Waals surface area contributed by atoms with Gasteiger partial charge in [-0.1, -0.05) is 6.92 Å². The van der Waals surface area contributed by atoms with Gasteiger partial charge in [-0.25, -0.2) is 0 Å². The molecular formula is C11H25NO3. The Morgan fingerprint density at radius 3 is 2.47 bits per heavy atom. The van der Waals surface area contributed by atoms with E-state index in [9.17, 15) is 0 Å². The van der Waals surface area contributed by atoms with Crippen molar-refractivity contribution in [2.24, 2.45) is 5.92 Å². The zero-order chi connectivity index (χ0) is 11.4. The Bertz CT molecular complexity index is 122. The summed E-state index contributed by atoms with van der Waals surface area (Å²) >= 11 is 0. The van der Waals surface area contributed by atoms with E-state index >= 15 is 0 Å². The Labute approximate surface area is 93.3 Å². The average Bonchev–Trinajstić information content (AvgIpc) is 2.22. The number of hydrogen-bond acceptors (Lipinski definition) is 4. The summed E-state index contributed by atoms with van der Waals surface area (Å²) in [5, 5.41) is 3.12. The molecule has 0 aliphatic heterocycles. The topological polar surface area (TPSA) is 39.7 Å². The third-order valence-electron chi connectivity index (χ3n) is 1.96. The lowest BCUT2D eigenvalue weighted by atomic mass is 10.2. The molecule has 4 heteroatoms. The molecule has 0 amide bonds. The Balaban J connectivity index is 2.98. The molecule has 4 nitrogen and oxygen atoms in total. The van der Waals surface area contributed by atoms with Gasteiger partial charge in [0.25, 0.3) is 0 Å². The first kappa shape index (κ1) is 14.8. The first-order valence-electron chi connectivity index (χ1n) is 5.60. The maximum atomic E-state index is 5.50. The molecular weight excluding hydrogens is 194 g/mol. The predicted octanol–water partition coefficient (Wildman–Crippen LogP) is 0.912. The van der Waals surface area contributed by atoms with Crippen molar-refractivity contribution >= 4 is 0 Å². The SMILES string of the molecule is CNCC(C)COCCCOCCOC. The molecule has 0 aromatic carbocycles. The molecule has 0 saturated heterocycles. The maximum absolute atomic E-state index is 5.50. The predicted molar refractivity (Wildman–Crippen MR) is 61.2 cm³/mol. The normalized spacial score (nSPS) is 13.0. The highest BCUT2D eigenvalue weighted by atomic mass is 16.5. The third kappa shape index (κ3) is 11.8. The van der Waals surface area contributed by atoms with E-state index in [1.54, 1.807) is 7.11 Å². The first-order chi connectivity index (χ1) is 7.31. The summed E-state index contributed by atoms with van der Waals surface area (Å²) in [6, 6.07) is 0. The van der Waals surface area contributed by atoms with Gasteiger partial charge in [0.2, 0.25) is 0 Å². The summed E-state index contributed by atoms with van der Waals surface area (Å²) < 4.78 is 15.7. The van der Waals surface area contributed by atoms with Crippen molar-refractivity contribution < 1.29 is 14.2 Å². The zero-order valence-corrected chi connectivity index (χ0v) is 10.3. The maximum Gasteiger partial charge on any atom is 0.0700 e. The minimum absolute atomic E-state index is 0.574. The van der Waals surface area contributed by atoms with Crippen molar-refractivity contribution in [3.8, 4) is 0 Å². The van der Waals surface area contributed by atoms with Gasteiger partial charge in [-0.3, -0.25) is 0 Å². The van der Waals surface area contributed by atoms with Gasteiger partial charge >= 0.3 is 0 Å². The van der Waals surface area contributed by atoms with Gasteiger partial charge in [0, 0.05) is 20.3 Å². The molecule has 1 atom stereocenters. The minimum Gasteiger partial charge on any atom is -0.382 e. The van der Waals surface area contributed by atoms with Crippen molar-refractivity contribution in [3.05, 3.63) is 0 Å². The van der Waals surface area contributed by atoms with Crippen LogP contribution in [0.3, 0.4) is 0 Å². The molecule has 0 bridgehead atoms. The zero-order valence-electron chi connectivity index (χ0n) is 10.3. The summed E-state index contributed by atoms with van der Waals surface area (Å²) in [5.74, 6) is 0.574. The highest BCUT2D eigenvalue weighted by Crippen LogP contribution is 1.94. The fourth-order valence-corrected chi connectivity index (χ4v) is 1.20. The largest absolute Gasteiger partial charge is 0.382 e. The second-order valence-corrected chi connectivity index (χ2v) is 3.70. The number of methoxy groups -OCH3 is 1. The fourth-order valence-electron chi connectivity index (χ4n) is 1.20. The second kappa shape index (κ2) is 11.9. The molecule has 0 aromatic heterocycles. The van der Waals surface area contributed by atoms with Crippen LogP contribution in [-0.2, 0) is 14.2 Å². The van der Waals surface area contributed by atoms with Crippen molar-refractivity contribution in [1.29, 1.82) is 0 Å². The molecule has 0 rings (SSSR count). The van der Waals surface area contributed by atoms with E-state index < -0.39 is 0 Å². The summed E-state index contributed by atoms with van der Waals surface area (Å²) in [4.78, 5) is 0. The van der Waals surface area contributed by atoms with Crippen LogP contribution in [0.15, 0.2) is 0 Å². The van der Waals surface area contributed by atoms with E-state index in [4.69, 9.17) is 14.2 Å². The number of rotatable bonds is 11. The van der Waals surface area contributed by atoms with E-state index in [0.29, 0.717) is 19.1 Å². The van der Waals surface area contributed by atoms with Crippen LogP contribution in [0.4, 0.5) is 0 Å². The Hall–Kier alpha value is -0.160. The van der Waals surface area contributed by atoms with Crippen LogP contribution in [0.25, 0.3) is 0 Å². The van der Waals surface area contributed by atoms with Gasteiger partial charge in [-0.15, -0.1) is 0 Å². The molecule has 0 aliphatic carbocycles. The number of hydrogen-bond donors (Lipinski definition) is 1. The molecule has 1 N–H and O–H groups in total. The number of ether oxygens (including phenoxy) is 3. The smallest absolute Gasteiger partial charge is 0.0700 e. The highest BCUT2D eigenvalue weighted by molar-refractivity contribution is 4.52. The van der Waals surface area contributed by atoms with Gasteiger partial charge < -0.3 is 19.5 Å². The van der Waals surface area contributed by atoms with Gasteiger partial charge in [0.15, 0.2) is 0 Å². The van der Waals surface area contributed by atoms with Crippen molar-refractivity contribution in [2.45, 2.75) is 13.3 Å². The second-order valence-electron chi connectivity index (χ2n) is 3.70. The third-order valence-corrected chi connectivity index (χ3v) is 1.96. The fraction of sp³-hybridized carbons (Fsp3) is 1.00. The Morgan fingerprint density at radius 2 is 1.80 bits per heavy atom. The number of nitrogens with one attached hydrogen (secondary N) is 1. The van der Waals surface area contributed by atoms with Crippen LogP contribution >= 0.6 is 0 Å². The average molecular weight is 219 g/mol. The van der Waals surface area contributed by atoms with E-state index in [-0.39, 0.29) is 0 Å². The lowest BCUT2D eigenvalue weighted by Gasteiger charge is -2.11. The molecule has 1 unspecified atom stereocenters. The standard InChI is InChI=1S/C11H25NO3/c1-11(9-12-2)10-15-6-4-5-14-8-7-13-3/h11-12H,4-10H2,1-3H3. The van der Waals surface area contributed by atoms with Gasteiger partial charge in [0.1, 0.15) is 0 Å². The molecule has 0 aromatic rings. The van der Waals surface area contributed by atoms with Crippen LogP contribution in [0.5, 0.6) is 0 Å². The van der Waals surface area contributed by atoms with Gasteiger partial charge in [-0.2, -0.15) is 0 Å². The molecule has 0 radical (unpaired) electrons. The Kier molecular flexibility index (Phi) is 11.8. The van der Waals surface area contributed by atoms with Crippen LogP contribution in [0.1, 0.15) is 13.3 Å². The van der Waals surface area contributed by atoms with Crippen molar-refractivity contribution in [1.82, 2.24) is 5.32 Å². The van der Waals surface area contributed by atoms with Crippen LogP contribution < -0.4 is 5.32 Å². The lowest BCUT2D eigenvalue weighted by Crippen LogP contribution is -2.20. The van der Waals surface area contributed by atoms with Crippen LogP contribution in [-0.4, -0.2) is 53.7 Å².